The summed E-state index contributed by atoms with van der Waals surface area (Å²) in [6.45, 7) is 0. The van der Waals surface area contributed by atoms with E-state index in [1.54, 1.807) is 0 Å². The topological polar surface area (TPSA) is 74.6 Å². The van der Waals surface area contributed by atoms with E-state index in [0.29, 0.717) is 0 Å². The predicted octanol–water partition coefficient (Wildman–Crippen LogP) is 0.401. The summed E-state index contributed by atoms with van der Waals surface area (Å²) in [7, 11) is 0. The van der Waals surface area contributed by atoms with E-state index in [2.05, 4.69) is 0 Å². The van der Waals surface area contributed by atoms with Crippen LogP contribution in [0.25, 0.3) is 0 Å². The smallest absolute Gasteiger partial charge is 0.308 e. The van der Waals surface area contributed by atoms with E-state index in [0.717, 1.165) is 0 Å². The fourth-order valence-corrected chi connectivity index (χ4v) is 0.660. The van der Waals surface area contributed by atoms with Crippen molar-refractivity contribution in [3.05, 3.63) is 0 Å². The third-order valence-corrected chi connectivity index (χ3v) is 1.33. The summed E-state index contributed by atoms with van der Waals surface area (Å²) in [4.78, 5) is 20.1. The number of aliphatic carboxylic acids is 2. The largest absolute Gasteiger partial charge is 0.481 e. The normalized spacial score (nSPS) is 12.5. The molecule has 2 N–H and O–H groups in total. The molecule has 5 heteroatoms. The molecule has 0 spiro atoms. The molecule has 0 heterocycles. The minimum atomic E-state index is -1.17. The second-order valence-corrected chi connectivity index (χ2v) is 2.10. The minimum absolute atomic E-state index is 0.165. The molecule has 0 aliphatic heterocycles. The van der Waals surface area contributed by atoms with Crippen molar-refractivity contribution in [1.29, 1.82) is 0 Å². The fraction of sp³-hybridized carbons (Fsp3) is 0.600. The standard InChI is InChI=1S/C5H7ClO4/c6-2-3(5(9)10)1-4(7)8/h3H,1-2H2,(H,7,8)(H,9,10). The van der Waals surface area contributed by atoms with Crippen molar-refractivity contribution in [2.45, 2.75) is 6.42 Å². The third-order valence-electron chi connectivity index (χ3n) is 0.957. The number of halogens is 1. The van der Waals surface area contributed by atoms with Gasteiger partial charge in [-0.15, -0.1) is 11.6 Å². The highest BCUT2D eigenvalue weighted by Gasteiger charge is 2.19. The van der Waals surface area contributed by atoms with Crippen LogP contribution in [0.2, 0.25) is 0 Å². The van der Waals surface area contributed by atoms with Crippen molar-refractivity contribution >= 4 is 23.5 Å². The van der Waals surface area contributed by atoms with Gasteiger partial charge >= 0.3 is 11.9 Å². The predicted molar refractivity (Wildman–Crippen MR) is 34.1 cm³/mol. The molecule has 0 saturated heterocycles. The van der Waals surface area contributed by atoms with Crippen LogP contribution in [0.1, 0.15) is 6.42 Å². The Morgan fingerprint density at radius 2 is 1.90 bits per heavy atom. The maximum absolute atomic E-state index is 10.1. The summed E-state index contributed by atoms with van der Waals surface area (Å²) < 4.78 is 0. The SMILES string of the molecule is O=C(O)CC(CCl)C(=O)O. The average Bonchev–Trinajstić information content (AvgIpc) is 1.81. The van der Waals surface area contributed by atoms with E-state index in [1.807, 2.05) is 0 Å². The number of rotatable bonds is 4. The maximum Gasteiger partial charge on any atom is 0.308 e. The molecule has 1 unspecified atom stereocenters. The summed E-state index contributed by atoms with van der Waals surface area (Å²) in [6, 6.07) is 0. The number of carbonyl (C=O) groups is 2. The van der Waals surface area contributed by atoms with Crippen LogP contribution < -0.4 is 0 Å². The van der Waals surface area contributed by atoms with E-state index in [9.17, 15) is 9.59 Å². The number of carboxylic acids is 2. The lowest BCUT2D eigenvalue weighted by Gasteiger charge is -2.02. The Labute approximate surface area is 62.4 Å². The Morgan fingerprint density at radius 1 is 1.40 bits per heavy atom. The zero-order valence-corrected chi connectivity index (χ0v) is 5.84. The van der Waals surface area contributed by atoms with E-state index in [4.69, 9.17) is 21.8 Å². The maximum atomic E-state index is 10.1. The highest BCUT2D eigenvalue weighted by atomic mass is 35.5. The molecule has 4 nitrogen and oxygen atoms in total. The monoisotopic (exact) mass is 166 g/mol. The van der Waals surface area contributed by atoms with Crippen molar-refractivity contribution in [1.82, 2.24) is 0 Å². The lowest BCUT2D eigenvalue weighted by Crippen LogP contribution is -2.18. The molecular weight excluding hydrogens is 160 g/mol. The average molecular weight is 167 g/mol. The van der Waals surface area contributed by atoms with Gasteiger partial charge < -0.3 is 10.2 Å². The van der Waals surface area contributed by atoms with E-state index in [-0.39, 0.29) is 5.88 Å². The molecule has 0 aromatic rings. The summed E-state index contributed by atoms with van der Waals surface area (Å²) in [5, 5.41) is 16.4. The zero-order chi connectivity index (χ0) is 8.15. The molecule has 0 fully saturated rings. The van der Waals surface area contributed by atoms with Gasteiger partial charge in [-0.05, 0) is 0 Å². The van der Waals surface area contributed by atoms with Gasteiger partial charge in [0.15, 0.2) is 0 Å². The summed E-state index contributed by atoms with van der Waals surface area (Å²) in [6.07, 6.45) is -0.418. The fourth-order valence-electron chi connectivity index (χ4n) is 0.419. The van der Waals surface area contributed by atoms with Crippen LogP contribution >= 0.6 is 11.6 Å². The Morgan fingerprint density at radius 3 is 2.00 bits per heavy atom. The van der Waals surface area contributed by atoms with Crippen molar-refractivity contribution in [3.63, 3.8) is 0 Å². The van der Waals surface area contributed by atoms with Gasteiger partial charge in [0.1, 0.15) is 0 Å². The first kappa shape index (κ1) is 9.23. The molecule has 0 rings (SSSR count). The molecule has 10 heavy (non-hydrogen) atoms. The first-order valence-electron chi connectivity index (χ1n) is 2.58. The Hall–Kier alpha value is -0.770. The van der Waals surface area contributed by atoms with Gasteiger partial charge in [-0.3, -0.25) is 9.59 Å². The van der Waals surface area contributed by atoms with Gasteiger partial charge in [-0.2, -0.15) is 0 Å². The van der Waals surface area contributed by atoms with E-state index >= 15 is 0 Å². The van der Waals surface area contributed by atoms with Crippen LogP contribution in [0.15, 0.2) is 0 Å². The molecule has 0 aromatic carbocycles. The summed E-state index contributed by atoms with van der Waals surface area (Å²) >= 11 is 5.16. The molecular formula is C5H7ClO4. The lowest BCUT2D eigenvalue weighted by atomic mass is 10.1. The van der Waals surface area contributed by atoms with E-state index < -0.39 is 24.3 Å². The quantitative estimate of drug-likeness (QED) is 0.593. The van der Waals surface area contributed by atoms with Gasteiger partial charge in [0.05, 0.1) is 12.3 Å². The van der Waals surface area contributed by atoms with Gasteiger partial charge in [0, 0.05) is 5.88 Å². The number of alkyl halides is 1. The molecule has 0 amide bonds. The van der Waals surface area contributed by atoms with Crippen LogP contribution in [-0.4, -0.2) is 28.0 Å². The molecule has 0 radical (unpaired) electrons. The van der Waals surface area contributed by atoms with Gasteiger partial charge in [0.2, 0.25) is 0 Å². The molecule has 0 saturated carbocycles. The van der Waals surface area contributed by atoms with Crippen LogP contribution in [0, 0.1) is 5.92 Å². The van der Waals surface area contributed by atoms with Crippen LogP contribution in [0.4, 0.5) is 0 Å². The summed E-state index contributed by atoms with van der Waals surface area (Å²) in [5.41, 5.74) is 0. The molecule has 0 aliphatic rings. The number of carboxylic acid groups (broad SMARTS) is 2. The Kier molecular flexibility index (Phi) is 3.79. The highest BCUT2D eigenvalue weighted by molar-refractivity contribution is 6.19. The number of hydrogen-bond donors (Lipinski definition) is 2. The van der Waals surface area contributed by atoms with Gasteiger partial charge in [-0.1, -0.05) is 0 Å². The van der Waals surface area contributed by atoms with Gasteiger partial charge in [0.25, 0.3) is 0 Å². The molecule has 1 atom stereocenters. The van der Waals surface area contributed by atoms with Crippen molar-refractivity contribution < 1.29 is 19.8 Å². The first-order chi connectivity index (χ1) is 4.57. The minimum Gasteiger partial charge on any atom is -0.481 e. The second-order valence-electron chi connectivity index (χ2n) is 1.79. The van der Waals surface area contributed by atoms with Crippen LogP contribution in [-0.2, 0) is 9.59 Å². The first-order valence-corrected chi connectivity index (χ1v) is 3.12. The van der Waals surface area contributed by atoms with E-state index in [1.165, 1.54) is 0 Å². The summed E-state index contributed by atoms with van der Waals surface area (Å²) in [5.74, 6) is -3.45. The van der Waals surface area contributed by atoms with Crippen molar-refractivity contribution in [3.8, 4) is 0 Å². The van der Waals surface area contributed by atoms with Crippen LogP contribution in [0.3, 0.4) is 0 Å². The Bertz CT molecular complexity index is 145. The van der Waals surface area contributed by atoms with Crippen molar-refractivity contribution in [2.75, 3.05) is 5.88 Å². The Balaban J connectivity index is 3.83. The second kappa shape index (κ2) is 4.11. The zero-order valence-electron chi connectivity index (χ0n) is 5.08. The third kappa shape index (κ3) is 3.29. The molecule has 0 aromatic heterocycles. The van der Waals surface area contributed by atoms with Crippen molar-refractivity contribution in [2.24, 2.45) is 5.92 Å². The lowest BCUT2D eigenvalue weighted by molar-refractivity contribution is -0.147. The number of hydrogen-bond acceptors (Lipinski definition) is 2. The molecule has 0 bridgehead atoms. The van der Waals surface area contributed by atoms with Crippen LogP contribution in [0.5, 0.6) is 0 Å². The molecule has 0 aliphatic carbocycles. The van der Waals surface area contributed by atoms with Gasteiger partial charge in [-0.25, -0.2) is 0 Å². The molecule has 58 valence electrons. The highest BCUT2D eigenvalue weighted by Crippen LogP contribution is 2.04.